The van der Waals surface area contributed by atoms with E-state index in [0.717, 1.165) is 0 Å². The molecule has 0 aliphatic rings. The molecule has 0 unspecified atom stereocenters. The number of amides is 1. The third-order valence-electron chi connectivity index (χ3n) is 4.94. The van der Waals surface area contributed by atoms with Crippen molar-refractivity contribution < 1.29 is 31.3 Å². The van der Waals surface area contributed by atoms with Crippen LogP contribution in [0.2, 0.25) is 10.0 Å². The van der Waals surface area contributed by atoms with E-state index in [1.165, 1.54) is 67.7 Å². The van der Waals surface area contributed by atoms with Crippen LogP contribution in [0.3, 0.4) is 0 Å². The lowest BCUT2D eigenvalue weighted by Crippen LogP contribution is -2.34. The second-order valence-corrected chi connectivity index (χ2v) is 9.66. The number of rotatable bonds is 10. The number of hydrogen-bond acceptors (Lipinski definition) is 6. The Hall–Kier alpha value is -2.85. The average molecular weight is 542 g/mol. The molecule has 0 N–H and O–H groups in total. The summed E-state index contributed by atoms with van der Waals surface area (Å²) in [5.74, 6) is -1.13. The summed E-state index contributed by atoms with van der Waals surface area (Å²) >= 11 is 11.8. The average Bonchev–Trinajstić information content (AvgIpc) is 2.83. The Bertz CT molecular complexity index is 1320. The van der Waals surface area contributed by atoms with Gasteiger partial charge < -0.3 is 18.6 Å². The third-order valence-corrected chi connectivity index (χ3v) is 6.91. The fourth-order valence-electron chi connectivity index (χ4n) is 3.16. The number of carbonyl (C=O) groups is 1. The van der Waals surface area contributed by atoms with Crippen molar-refractivity contribution in [3.8, 4) is 11.5 Å². The lowest BCUT2D eigenvalue weighted by molar-refractivity contribution is 0.0675. The van der Waals surface area contributed by atoms with Gasteiger partial charge in [-0.25, -0.2) is 4.39 Å². The molecule has 11 heteroatoms. The molecule has 3 aromatic rings. The lowest BCUT2D eigenvalue weighted by atomic mass is 10.1. The van der Waals surface area contributed by atoms with E-state index in [0.29, 0.717) is 5.56 Å². The van der Waals surface area contributed by atoms with Crippen LogP contribution < -0.4 is 8.92 Å². The van der Waals surface area contributed by atoms with Crippen molar-refractivity contribution in [2.75, 3.05) is 27.4 Å². The summed E-state index contributed by atoms with van der Waals surface area (Å²) in [4.78, 5) is 14.2. The van der Waals surface area contributed by atoms with Crippen LogP contribution in [0.5, 0.6) is 11.5 Å². The summed E-state index contributed by atoms with van der Waals surface area (Å²) in [7, 11) is -1.44. The zero-order chi connectivity index (χ0) is 25.6. The van der Waals surface area contributed by atoms with Crippen molar-refractivity contribution in [2.45, 2.75) is 11.4 Å². The summed E-state index contributed by atoms with van der Waals surface area (Å²) in [6, 6.07) is 14.0. The molecule has 186 valence electrons. The van der Waals surface area contributed by atoms with Crippen molar-refractivity contribution in [3.05, 3.63) is 87.7 Å². The number of nitrogens with zero attached hydrogens (tertiary/aromatic N) is 1. The maximum absolute atomic E-state index is 14.2. The monoisotopic (exact) mass is 541 g/mol. The molecule has 0 aromatic heterocycles. The fraction of sp³-hybridized carbons (Fsp3) is 0.208. The highest BCUT2D eigenvalue weighted by molar-refractivity contribution is 7.87. The molecule has 0 aliphatic carbocycles. The number of halogens is 3. The minimum Gasteiger partial charge on any atom is -0.493 e. The largest absolute Gasteiger partial charge is 0.493 e. The van der Waals surface area contributed by atoms with Gasteiger partial charge in [0.05, 0.1) is 29.3 Å². The van der Waals surface area contributed by atoms with E-state index >= 15 is 0 Å². The Morgan fingerprint density at radius 2 is 1.71 bits per heavy atom. The van der Waals surface area contributed by atoms with Gasteiger partial charge in [0, 0.05) is 20.2 Å². The summed E-state index contributed by atoms with van der Waals surface area (Å²) in [6.45, 7) is 0.419. The van der Waals surface area contributed by atoms with Crippen LogP contribution in [0.25, 0.3) is 0 Å². The van der Waals surface area contributed by atoms with Crippen LogP contribution in [0, 0.1) is 5.82 Å². The minimum atomic E-state index is -4.28. The summed E-state index contributed by atoms with van der Waals surface area (Å²) in [5.41, 5.74) is 0.432. The molecule has 0 radical (unpaired) electrons. The van der Waals surface area contributed by atoms with E-state index in [-0.39, 0.29) is 51.7 Å². The van der Waals surface area contributed by atoms with Crippen molar-refractivity contribution in [2.24, 2.45) is 0 Å². The van der Waals surface area contributed by atoms with E-state index in [1.807, 2.05) is 0 Å². The molecular weight excluding hydrogens is 520 g/mol. The first-order valence-corrected chi connectivity index (χ1v) is 12.4. The van der Waals surface area contributed by atoms with Crippen molar-refractivity contribution >= 4 is 39.2 Å². The van der Waals surface area contributed by atoms with Gasteiger partial charge in [0.15, 0.2) is 11.5 Å². The molecule has 1 amide bonds. The van der Waals surface area contributed by atoms with Gasteiger partial charge in [-0.05, 0) is 48.0 Å². The lowest BCUT2D eigenvalue weighted by Gasteiger charge is -2.23. The highest BCUT2D eigenvalue weighted by Crippen LogP contribution is 2.33. The molecule has 3 rings (SSSR count). The Labute approximate surface area is 213 Å². The number of carbonyl (C=O) groups excluding carboxylic acids is 1. The van der Waals surface area contributed by atoms with Gasteiger partial charge in [0.2, 0.25) is 0 Å². The first-order chi connectivity index (χ1) is 16.7. The maximum Gasteiger partial charge on any atom is 0.339 e. The Balaban J connectivity index is 1.91. The van der Waals surface area contributed by atoms with E-state index in [2.05, 4.69) is 0 Å². The zero-order valence-corrected chi connectivity index (χ0v) is 21.2. The Morgan fingerprint density at radius 1 is 0.971 bits per heavy atom. The van der Waals surface area contributed by atoms with E-state index in [1.54, 1.807) is 12.1 Å². The van der Waals surface area contributed by atoms with Crippen LogP contribution >= 0.6 is 23.2 Å². The quantitative estimate of drug-likeness (QED) is 0.328. The predicted molar refractivity (Wildman–Crippen MR) is 130 cm³/mol. The molecule has 7 nitrogen and oxygen atoms in total. The van der Waals surface area contributed by atoms with E-state index in [4.69, 9.17) is 36.9 Å². The number of ether oxygens (including phenoxy) is 2. The molecule has 0 heterocycles. The first-order valence-electron chi connectivity index (χ1n) is 10.3. The summed E-state index contributed by atoms with van der Waals surface area (Å²) in [6.07, 6.45) is 0. The molecule has 0 bridgehead atoms. The zero-order valence-electron chi connectivity index (χ0n) is 18.8. The molecule has 0 aliphatic heterocycles. The second kappa shape index (κ2) is 11.7. The molecule has 3 aromatic carbocycles. The van der Waals surface area contributed by atoms with E-state index < -0.39 is 21.8 Å². The van der Waals surface area contributed by atoms with Crippen LogP contribution in [-0.4, -0.2) is 46.6 Å². The molecule has 0 spiro atoms. The third kappa shape index (κ3) is 6.64. The summed E-state index contributed by atoms with van der Waals surface area (Å²) < 4.78 is 55.6. The van der Waals surface area contributed by atoms with Gasteiger partial charge in [0.25, 0.3) is 5.91 Å². The van der Waals surface area contributed by atoms with Gasteiger partial charge in [-0.2, -0.15) is 8.42 Å². The van der Waals surface area contributed by atoms with Gasteiger partial charge >= 0.3 is 10.1 Å². The SMILES string of the molecule is COCCN(Cc1ccc(OC)c(OS(=O)(=O)c2ccc(Cl)c(Cl)c2)c1)C(=O)c1ccccc1F. The van der Waals surface area contributed by atoms with Crippen LogP contribution in [-0.2, 0) is 21.4 Å². The molecule has 0 saturated heterocycles. The van der Waals surface area contributed by atoms with Gasteiger partial charge in [0.1, 0.15) is 10.7 Å². The standard InChI is InChI=1S/C24H22Cl2FNO6S/c1-32-12-11-28(24(29)18-5-3-4-6-21(18)27)15-16-7-10-22(33-2)23(13-16)34-35(30,31)17-8-9-19(25)20(26)14-17/h3-10,13-14H,11-12,15H2,1-2H3. The first kappa shape index (κ1) is 26.7. The second-order valence-electron chi connectivity index (χ2n) is 7.30. The number of methoxy groups -OCH3 is 2. The van der Waals surface area contributed by atoms with Crippen LogP contribution in [0.1, 0.15) is 15.9 Å². The Morgan fingerprint density at radius 3 is 2.37 bits per heavy atom. The van der Waals surface area contributed by atoms with Crippen LogP contribution in [0.15, 0.2) is 65.6 Å². The van der Waals surface area contributed by atoms with Crippen LogP contribution in [0.4, 0.5) is 4.39 Å². The van der Waals surface area contributed by atoms with Crippen molar-refractivity contribution in [3.63, 3.8) is 0 Å². The normalized spacial score (nSPS) is 11.2. The number of benzene rings is 3. The topological polar surface area (TPSA) is 82.1 Å². The summed E-state index contributed by atoms with van der Waals surface area (Å²) in [5, 5.41) is 0.248. The fourth-order valence-corrected chi connectivity index (χ4v) is 4.49. The maximum atomic E-state index is 14.2. The molecule has 35 heavy (non-hydrogen) atoms. The van der Waals surface area contributed by atoms with Gasteiger partial charge in [-0.1, -0.05) is 41.4 Å². The molecular formula is C24H22Cl2FNO6S. The van der Waals surface area contributed by atoms with Gasteiger partial charge in [-0.15, -0.1) is 0 Å². The van der Waals surface area contributed by atoms with E-state index in [9.17, 15) is 17.6 Å². The highest BCUT2D eigenvalue weighted by Gasteiger charge is 2.23. The molecule has 0 saturated carbocycles. The smallest absolute Gasteiger partial charge is 0.339 e. The minimum absolute atomic E-state index is 0.0315. The van der Waals surface area contributed by atoms with Crippen molar-refractivity contribution in [1.82, 2.24) is 4.90 Å². The highest BCUT2D eigenvalue weighted by atomic mass is 35.5. The molecule has 0 fully saturated rings. The van der Waals surface area contributed by atoms with Crippen molar-refractivity contribution in [1.29, 1.82) is 0 Å². The number of hydrogen-bond donors (Lipinski definition) is 0. The molecule has 0 atom stereocenters. The van der Waals surface area contributed by atoms with Gasteiger partial charge in [-0.3, -0.25) is 4.79 Å². The predicted octanol–water partition coefficient (Wildman–Crippen LogP) is 5.20. The Kier molecular flexibility index (Phi) is 8.96.